The largest absolute Gasteiger partial charge is 0.0620 e. The predicted molar refractivity (Wildman–Crippen MR) is 169 cm³/mol. The highest BCUT2D eigenvalue weighted by Crippen LogP contribution is 2.50. The van der Waals surface area contributed by atoms with Crippen molar-refractivity contribution in [2.45, 2.75) is 38.0 Å². The smallest absolute Gasteiger partial charge is 0.0159 e. The van der Waals surface area contributed by atoms with E-state index >= 15 is 0 Å². The maximum atomic E-state index is 2.45. The second kappa shape index (κ2) is 8.80. The van der Waals surface area contributed by atoms with Crippen LogP contribution in [0.2, 0.25) is 0 Å². The average molecular weight is 513 g/mol. The first-order valence-electron chi connectivity index (χ1n) is 14.5. The van der Waals surface area contributed by atoms with Crippen LogP contribution >= 0.6 is 0 Å². The molecule has 0 saturated heterocycles. The van der Waals surface area contributed by atoms with E-state index in [1.807, 2.05) is 0 Å². The maximum Gasteiger partial charge on any atom is 0.0159 e. The number of fused-ring (bicyclic) bond motifs is 5. The van der Waals surface area contributed by atoms with Crippen LogP contribution in [0.25, 0.3) is 44.2 Å². The molecule has 0 unspecified atom stereocenters. The molecule has 0 N–H and O–H groups in total. The Balaban J connectivity index is 1.14. The zero-order valence-corrected chi connectivity index (χ0v) is 23.1. The molecule has 0 bridgehead atoms. The summed E-state index contributed by atoms with van der Waals surface area (Å²) in [6.07, 6.45) is 2.29. The molecule has 40 heavy (non-hydrogen) atoms. The number of hydrogen-bond donors (Lipinski definition) is 0. The molecule has 0 nitrogen and oxygen atoms in total. The van der Waals surface area contributed by atoms with E-state index in [4.69, 9.17) is 0 Å². The average Bonchev–Trinajstić information content (AvgIpc) is 3.53. The van der Waals surface area contributed by atoms with Gasteiger partial charge in [-0.25, -0.2) is 0 Å². The van der Waals surface area contributed by atoms with Gasteiger partial charge in [-0.05, 0) is 109 Å². The molecule has 6 aromatic rings. The minimum Gasteiger partial charge on any atom is -0.0620 e. The van der Waals surface area contributed by atoms with E-state index in [1.54, 1.807) is 0 Å². The molecule has 2 aliphatic rings. The van der Waals surface area contributed by atoms with Crippen LogP contribution in [0.3, 0.4) is 0 Å². The zero-order chi connectivity index (χ0) is 26.8. The van der Waals surface area contributed by atoms with Gasteiger partial charge in [-0.3, -0.25) is 0 Å². The van der Waals surface area contributed by atoms with Gasteiger partial charge in [-0.15, -0.1) is 0 Å². The summed E-state index contributed by atoms with van der Waals surface area (Å²) in [4.78, 5) is 0. The Morgan fingerprint density at radius 3 is 1.70 bits per heavy atom. The summed E-state index contributed by atoms with van der Waals surface area (Å²) in [7, 11) is 0. The van der Waals surface area contributed by atoms with Gasteiger partial charge in [0.25, 0.3) is 0 Å². The van der Waals surface area contributed by atoms with Crippen LogP contribution in [-0.2, 0) is 18.3 Å². The van der Waals surface area contributed by atoms with Crippen molar-refractivity contribution in [3.05, 3.63) is 155 Å². The Labute approximate surface area is 237 Å². The van der Waals surface area contributed by atoms with E-state index in [2.05, 4.69) is 141 Å². The van der Waals surface area contributed by atoms with E-state index < -0.39 is 0 Å². The van der Waals surface area contributed by atoms with Gasteiger partial charge in [0.2, 0.25) is 0 Å². The lowest BCUT2D eigenvalue weighted by atomic mass is 9.80. The fraction of sp³-hybridized carbons (Fsp3) is 0.150. The topological polar surface area (TPSA) is 0 Å². The quantitative estimate of drug-likeness (QED) is 0.221. The SMILES string of the molecule is CC1(C)c2cc(-c3cccc(C4Cc5ccccc5C4)c3)ccc2-c2ccc(-c3ccc4ccccc4c3)cc21. The third kappa shape index (κ3) is 3.67. The van der Waals surface area contributed by atoms with Gasteiger partial charge >= 0.3 is 0 Å². The highest BCUT2D eigenvalue weighted by atomic mass is 14.4. The molecular formula is C40H32. The van der Waals surface area contributed by atoms with Crippen molar-refractivity contribution in [1.29, 1.82) is 0 Å². The number of rotatable bonds is 3. The van der Waals surface area contributed by atoms with Gasteiger partial charge in [0.1, 0.15) is 0 Å². The lowest BCUT2D eigenvalue weighted by Gasteiger charge is -2.23. The summed E-state index contributed by atoms with van der Waals surface area (Å²) in [5.41, 5.74) is 15.2. The first kappa shape index (κ1) is 23.5. The van der Waals surface area contributed by atoms with Crippen molar-refractivity contribution in [3.8, 4) is 33.4 Å². The third-order valence-corrected chi connectivity index (χ3v) is 9.50. The summed E-state index contributed by atoms with van der Waals surface area (Å²) in [6.45, 7) is 4.77. The van der Waals surface area contributed by atoms with Gasteiger partial charge < -0.3 is 0 Å². The fourth-order valence-electron chi connectivity index (χ4n) is 7.23. The summed E-state index contributed by atoms with van der Waals surface area (Å²) in [6, 6.07) is 47.8. The van der Waals surface area contributed by atoms with Gasteiger partial charge in [-0.2, -0.15) is 0 Å². The van der Waals surface area contributed by atoms with Crippen molar-refractivity contribution in [3.63, 3.8) is 0 Å². The minimum absolute atomic E-state index is 0.0573. The molecule has 6 aromatic carbocycles. The summed E-state index contributed by atoms with van der Waals surface area (Å²) in [5, 5.41) is 2.57. The van der Waals surface area contributed by atoms with Crippen LogP contribution in [0.4, 0.5) is 0 Å². The lowest BCUT2D eigenvalue weighted by molar-refractivity contribution is 0.661. The zero-order valence-electron chi connectivity index (χ0n) is 23.1. The molecule has 0 fully saturated rings. The first-order valence-corrected chi connectivity index (χ1v) is 14.5. The van der Waals surface area contributed by atoms with Crippen LogP contribution in [0.1, 0.15) is 47.6 Å². The van der Waals surface area contributed by atoms with Crippen LogP contribution in [0.15, 0.2) is 127 Å². The molecule has 0 heterocycles. The highest BCUT2D eigenvalue weighted by Gasteiger charge is 2.36. The Morgan fingerprint density at radius 2 is 1.02 bits per heavy atom. The molecule has 0 aliphatic heterocycles. The molecule has 0 aromatic heterocycles. The molecule has 2 aliphatic carbocycles. The van der Waals surface area contributed by atoms with E-state index in [0.717, 1.165) is 12.8 Å². The molecular weight excluding hydrogens is 480 g/mol. The van der Waals surface area contributed by atoms with Crippen LogP contribution in [-0.4, -0.2) is 0 Å². The van der Waals surface area contributed by atoms with E-state index in [1.165, 1.54) is 72.0 Å². The Morgan fingerprint density at radius 1 is 0.475 bits per heavy atom. The van der Waals surface area contributed by atoms with Gasteiger partial charge in [-0.1, -0.05) is 123 Å². The Bertz CT molecular complexity index is 1910. The fourth-order valence-corrected chi connectivity index (χ4v) is 7.23. The van der Waals surface area contributed by atoms with Gasteiger partial charge in [0, 0.05) is 5.41 Å². The first-order chi connectivity index (χ1) is 19.5. The molecule has 0 heteroatoms. The van der Waals surface area contributed by atoms with Crippen molar-refractivity contribution >= 4 is 10.8 Å². The normalized spacial score (nSPS) is 15.2. The molecule has 0 saturated carbocycles. The van der Waals surface area contributed by atoms with E-state index in [0.29, 0.717) is 5.92 Å². The monoisotopic (exact) mass is 512 g/mol. The second-order valence-electron chi connectivity index (χ2n) is 12.2. The minimum atomic E-state index is -0.0573. The molecule has 0 amide bonds. The van der Waals surface area contributed by atoms with Crippen molar-refractivity contribution < 1.29 is 0 Å². The van der Waals surface area contributed by atoms with Gasteiger partial charge in [0.15, 0.2) is 0 Å². The van der Waals surface area contributed by atoms with Crippen LogP contribution in [0, 0.1) is 0 Å². The predicted octanol–water partition coefficient (Wildman–Crippen LogP) is 10.4. The molecule has 0 radical (unpaired) electrons. The summed E-state index contributed by atoms with van der Waals surface area (Å²) in [5.74, 6) is 0.570. The highest BCUT2D eigenvalue weighted by molar-refractivity contribution is 5.89. The Hall–Kier alpha value is -4.42. The van der Waals surface area contributed by atoms with Crippen molar-refractivity contribution in [1.82, 2.24) is 0 Å². The second-order valence-corrected chi connectivity index (χ2v) is 12.2. The van der Waals surface area contributed by atoms with Crippen molar-refractivity contribution in [2.24, 2.45) is 0 Å². The number of benzene rings is 6. The summed E-state index contributed by atoms with van der Waals surface area (Å²) >= 11 is 0. The van der Waals surface area contributed by atoms with Crippen LogP contribution in [0.5, 0.6) is 0 Å². The molecule has 8 rings (SSSR count). The Kier molecular flexibility index (Phi) is 5.16. The number of hydrogen-bond acceptors (Lipinski definition) is 0. The lowest BCUT2D eigenvalue weighted by Crippen LogP contribution is -2.15. The standard InChI is InChI=1S/C40H32/c1-40(2)38-24-33(30-12-7-13-31(21-30)35-22-28-10-5-6-11-29(28)23-35)16-18-36(38)37-19-17-34(25-39(37)40)32-15-14-26-8-3-4-9-27(26)20-32/h3-21,24-25,35H,22-23H2,1-2H3. The third-order valence-electron chi connectivity index (χ3n) is 9.50. The van der Waals surface area contributed by atoms with Crippen molar-refractivity contribution in [2.75, 3.05) is 0 Å². The molecule has 0 atom stereocenters. The molecule has 0 spiro atoms. The van der Waals surface area contributed by atoms with Crippen LogP contribution < -0.4 is 0 Å². The van der Waals surface area contributed by atoms with E-state index in [-0.39, 0.29) is 5.41 Å². The molecule has 192 valence electrons. The van der Waals surface area contributed by atoms with E-state index in [9.17, 15) is 0 Å². The summed E-state index contributed by atoms with van der Waals surface area (Å²) < 4.78 is 0. The maximum absolute atomic E-state index is 2.45. The van der Waals surface area contributed by atoms with Gasteiger partial charge in [0.05, 0.1) is 0 Å².